The van der Waals surface area contributed by atoms with Crippen molar-refractivity contribution >= 4 is 24.9 Å². The highest BCUT2D eigenvalue weighted by Crippen LogP contribution is 2.64. The Labute approximate surface area is 151 Å². The maximum Gasteiger partial charge on any atom is 0.342 e. The molecule has 0 aromatic heterocycles. The average Bonchev–Trinajstić information content (AvgIpc) is 2.56. The molecule has 1 unspecified atom stereocenters. The molecule has 0 saturated heterocycles. The second-order valence-electron chi connectivity index (χ2n) is 5.15. The summed E-state index contributed by atoms with van der Waals surface area (Å²) in [7, 11) is -3.72. The quantitative estimate of drug-likeness (QED) is 0.336. The molecule has 0 N–H and O–H groups in total. The van der Waals surface area contributed by atoms with Crippen molar-refractivity contribution in [2.24, 2.45) is 0 Å². The van der Waals surface area contributed by atoms with E-state index in [1.54, 1.807) is 44.2 Å². The van der Waals surface area contributed by atoms with Crippen LogP contribution in [-0.4, -0.2) is 18.1 Å². The Balaban J connectivity index is 2.75. The van der Waals surface area contributed by atoms with Gasteiger partial charge in [-0.15, -0.1) is 0 Å². The molecule has 0 amide bonds. The third kappa shape index (κ3) is 4.47. The van der Waals surface area contributed by atoms with Crippen LogP contribution in [-0.2, 0) is 13.6 Å². The molecule has 8 heteroatoms. The Kier molecular flexibility index (Phi) is 6.73. The smallest absolute Gasteiger partial charge is 0.308 e. The van der Waals surface area contributed by atoms with E-state index < -0.39 is 18.2 Å². The first-order valence-electron chi connectivity index (χ1n) is 7.80. The van der Waals surface area contributed by atoms with Crippen molar-refractivity contribution in [3.8, 4) is 0 Å². The van der Waals surface area contributed by atoms with Gasteiger partial charge >= 0.3 is 7.60 Å². The van der Waals surface area contributed by atoms with Gasteiger partial charge in [-0.2, -0.15) is 0 Å². The van der Waals surface area contributed by atoms with Crippen LogP contribution in [0.2, 0.25) is 5.02 Å². The van der Waals surface area contributed by atoms with Gasteiger partial charge < -0.3 is 9.05 Å². The molecule has 0 fully saturated rings. The molecule has 25 heavy (non-hydrogen) atoms. The van der Waals surface area contributed by atoms with E-state index in [2.05, 4.69) is 0 Å². The van der Waals surface area contributed by atoms with E-state index in [0.717, 1.165) is 0 Å². The van der Waals surface area contributed by atoms with Gasteiger partial charge in [0.25, 0.3) is 5.69 Å². The fourth-order valence-electron chi connectivity index (χ4n) is 2.62. The summed E-state index contributed by atoms with van der Waals surface area (Å²) in [5, 5.41) is 11.8. The lowest BCUT2D eigenvalue weighted by Crippen LogP contribution is -2.10. The van der Waals surface area contributed by atoms with Gasteiger partial charge in [0.05, 0.1) is 23.7 Å². The Morgan fingerprint density at radius 2 is 1.72 bits per heavy atom. The van der Waals surface area contributed by atoms with Gasteiger partial charge in [-0.25, -0.2) is 0 Å². The minimum absolute atomic E-state index is 0.148. The van der Waals surface area contributed by atoms with Crippen LogP contribution in [0, 0.1) is 10.1 Å². The molecule has 2 aromatic rings. The summed E-state index contributed by atoms with van der Waals surface area (Å²) in [4.78, 5) is 11.0. The predicted molar refractivity (Wildman–Crippen MR) is 97.2 cm³/mol. The lowest BCUT2D eigenvalue weighted by atomic mass is 10.0. The van der Waals surface area contributed by atoms with Crippen molar-refractivity contribution in [3.63, 3.8) is 0 Å². The Bertz CT molecular complexity index is 774. The Morgan fingerprint density at radius 3 is 2.24 bits per heavy atom. The number of halogens is 1. The zero-order valence-electron chi connectivity index (χ0n) is 13.9. The summed E-state index contributed by atoms with van der Waals surface area (Å²) < 4.78 is 24.5. The monoisotopic (exact) mass is 383 g/mol. The van der Waals surface area contributed by atoms with Gasteiger partial charge in [-0.1, -0.05) is 41.9 Å². The molecule has 0 saturated carbocycles. The second kappa shape index (κ2) is 8.59. The normalized spacial score (nSPS) is 12.8. The minimum Gasteiger partial charge on any atom is -0.308 e. The van der Waals surface area contributed by atoms with Crippen LogP contribution in [0.5, 0.6) is 0 Å². The molecule has 2 rings (SSSR count). The van der Waals surface area contributed by atoms with E-state index in [-0.39, 0.29) is 24.5 Å². The number of nitrogens with zero attached hydrogens (tertiary/aromatic N) is 1. The van der Waals surface area contributed by atoms with Gasteiger partial charge in [0.15, 0.2) is 0 Å². The van der Waals surface area contributed by atoms with E-state index >= 15 is 0 Å². The van der Waals surface area contributed by atoms with E-state index in [4.69, 9.17) is 20.6 Å². The largest absolute Gasteiger partial charge is 0.342 e. The first kappa shape index (κ1) is 19.6. The van der Waals surface area contributed by atoms with Crippen LogP contribution in [0.3, 0.4) is 0 Å². The zero-order valence-corrected chi connectivity index (χ0v) is 15.6. The highest BCUT2D eigenvalue weighted by atomic mass is 35.5. The van der Waals surface area contributed by atoms with E-state index in [0.29, 0.717) is 10.6 Å². The Hall–Kier alpha value is -1.72. The number of rotatable bonds is 8. The third-order valence-corrected chi connectivity index (χ3v) is 6.21. The van der Waals surface area contributed by atoms with Crippen LogP contribution in [0.25, 0.3) is 0 Å². The molecule has 6 nitrogen and oxygen atoms in total. The summed E-state index contributed by atoms with van der Waals surface area (Å²) in [6, 6.07) is 13.0. The molecular formula is C17H19ClNO5P. The number of hydrogen-bond donors (Lipinski definition) is 0. The maximum absolute atomic E-state index is 13.5. The minimum atomic E-state index is -3.72. The van der Waals surface area contributed by atoms with Crippen LogP contribution in [0.15, 0.2) is 48.5 Å². The van der Waals surface area contributed by atoms with Crippen molar-refractivity contribution in [2.75, 3.05) is 13.2 Å². The topological polar surface area (TPSA) is 78.7 Å². The fraction of sp³-hybridized carbons (Fsp3) is 0.294. The first-order chi connectivity index (χ1) is 11.9. The summed E-state index contributed by atoms with van der Waals surface area (Å²) in [6.07, 6.45) is 0. The van der Waals surface area contributed by atoms with Crippen LogP contribution < -0.4 is 0 Å². The highest BCUT2D eigenvalue weighted by Gasteiger charge is 2.41. The van der Waals surface area contributed by atoms with Crippen molar-refractivity contribution in [3.05, 3.63) is 74.8 Å². The summed E-state index contributed by atoms with van der Waals surface area (Å²) in [6.45, 7) is 3.68. The molecule has 134 valence electrons. The summed E-state index contributed by atoms with van der Waals surface area (Å²) in [5.74, 6) is 0. The van der Waals surface area contributed by atoms with Gasteiger partial charge in [-0.05, 0) is 31.5 Å². The summed E-state index contributed by atoms with van der Waals surface area (Å²) >= 11 is 6.06. The SMILES string of the molecule is CCOP(=O)(OCC)C(c1ccccc1)c1cc(Cl)ccc1[N+](=O)[O-]. The predicted octanol–water partition coefficient (Wildman–Crippen LogP) is 5.60. The average molecular weight is 384 g/mol. The number of hydrogen-bond acceptors (Lipinski definition) is 5. The highest BCUT2D eigenvalue weighted by molar-refractivity contribution is 7.54. The zero-order chi connectivity index (χ0) is 18.4. The molecule has 0 aliphatic carbocycles. The van der Waals surface area contributed by atoms with E-state index in [1.165, 1.54) is 18.2 Å². The molecular weight excluding hydrogens is 365 g/mol. The number of nitro benzene ring substituents is 1. The standard InChI is InChI=1S/C17H19ClNO5P/c1-3-23-25(22,24-4-2)17(13-8-6-5-7-9-13)15-12-14(18)10-11-16(15)19(20)21/h5-12,17H,3-4H2,1-2H3. The van der Waals surface area contributed by atoms with Gasteiger partial charge in [0.2, 0.25) is 0 Å². The number of benzene rings is 2. The van der Waals surface area contributed by atoms with Crippen molar-refractivity contribution in [1.29, 1.82) is 0 Å². The van der Waals surface area contributed by atoms with Crippen molar-refractivity contribution < 1.29 is 18.5 Å². The van der Waals surface area contributed by atoms with Crippen LogP contribution in [0.1, 0.15) is 30.6 Å². The lowest BCUT2D eigenvalue weighted by molar-refractivity contribution is -0.385. The second-order valence-corrected chi connectivity index (χ2v) is 7.70. The molecule has 0 aliphatic heterocycles. The molecule has 0 aliphatic rings. The van der Waals surface area contributed by atoms with Gasteiger partial charge in [0.1, 0.15) is 5.66 Å². The number of nitro groups is 1. The van der Waals surface area contributed by atoms with Crippen LogP contribution in [0.4, 0.5) is 5.69 Å². The maximum atomic E-state index is 13.5. The fourth-order valence-corrected chi connectivity index (χ4v) is 4.98. The summed E-state index contributed by atoms with van der Waals surface area (Å²) in [5.41, 5.74) is -0.336. The van der Waals surface area contributed by atoms with Gasteiger partial charge in [-0.3, -0.25) is 14.7 Å². The lowest BCUT2D eigenvalue weighted by Gasteiger charge is -2.27. The molecule has 2 aromatic carbocycles. The van der Waals surface area contributed by atoms with Crippen molar-refractivity contribution in [1.82, 2.24) is 0 Å². The van der Waals surface area contributed by atoms with Gasteiger partial charge in [0, 0.05) is 11.1 Å². The molecule has 0 heterocycles. The molecule has 0 spiro atoms. The first-order valence-corrected chi connectivity index (χ1v) is 9.79. The molecule has 0 radical (unpaired) electrons. The van der Waals surface area contributed by atoms with E-state index in [1.807, 2.05) is 0 Å². The van der Waals surface area contributed by atoms with Crippen molar-refractivity contribution in [2.45, 2.75) is 19.5 Å². The Morgan fingerprint density at radius 1 is 1.12 bits per heavy atom. The van der Waals surface area contributed by atoms with Crippen LogP contribution >= 0.6 is 19.2 Å². The third-order valence-electron chi connectivity index (χ3n) is 3.53. The van der Waals surface area contributed by atoms with E-state index in [9.17, 15) is 14.7 Å². The molecule has 1 atom stereocenters. The molecule has 0 bridgehead atoms.